The van der Waals surface area contributed by atoms with Crippen LogP contribution in [-0.2, 0) is 17.2 Å². The number of benzene rings is 2. The van der Waals surface area contributed by atoms with Crippen molar-refractivity contribution >= 4 is 53.5 Å². The number of nitrogens with zero attached hydrogens (tertiary/aromatic N) is 3. The Hall–Kier alpha value is -2.69. The molecule has 0 aliphatic carbocycles. The van der Waals surface area contributed by atoms with Crippen molar-refractivity contribution in [2.24, 2.45) is 7.05 Å². The normalized spacial score (nSPS) is 12.0. The molecule has 0 fully saturated rings. The van der Waals surface area contributed by atoms with E-state index in [4.69, 9.17) is 4.74 Å². The maximum absolute atomic E-state index is 11.4. The lowest BCUT2D eigenvalue weighted by Gasteiger charge is -2.10. The first kappa shape index (κ1) is 16.8. The highest BCUT2D eigenvalue weighted by molar-refractivity contribution is 7.85. The van der Waals surface area contributed by atoms with E-state index in [1.54, 1.807) is 6.33 Å². The Morgan fingerprint density at radius 3 is 2.77 bits per heavy atom. The zero-order chi connectivity index (χ0) is 18.5. The van der Waals surface area contributed by atoms with E-state index in [0.29, 0.717) is 16.6 Å². The van der Waals surface area contributed by atoms with Crippen LogP contribution < -0.4 is 10.1 Å². The molecule has 0 radical (unpaired) electrons. The lowest BCUT2D eigenvalue weighted by molar-refractivity contribution is 0.416. The molecule has 0 saturated heterocycles. The number of aromatic nitrogens is 3. The molecule has 0 saturated carbocycles. The topological polar surface area (TPSA) is 106 Å². The average molecular weight is 390 g/mol. The molecule has 0 spiro atoms. The minimum absolute atomic E-state index is 0.228. The van der Waals surface area contributed by atoms with E-state index in [2.05, 4.69) is 15.3 Å². The molecule has 2 heterocycles. The van der Waals surface area contributed by atoms with Crippen molar-refractivity contribution in [1.82, 2.24) is 14.5 Å². The smallest absolute Gasteiger partial charge is 0.294 e. The highest BCUT2D eigenvalue weighted by Gasteiger charge is 2.16. The minimum Gasteiger partial charge on any atom is -0.495 e. The first-order valence-electron chi connectivity index (χ1n) is 7.50. The van der Waals surface area contributed by atoms with Gasteiger partial charge in [-0.2, -0.15) is 8.42 Å². The second-order valence-corrected chi connectivity index (χ2v) is 8.07. The number of hydrogen-bond acceptors (Lipinski definition) is 7. The fourth-order valence-corrected chi connectivity index (χ4v) is 4.09. The van der Waals surface area contributed by atoms with Crippen molar-refractivity contribution in [1.29, 1.82) is 0 Å². The van der Waals surface area contributed by atoms with Crippen molar-refractivity contribution < 1.29 is 17.7 Å². The highest BCUT2D eigenvalue weighted by atomic mass is 32.2. The standard InChI is InChI=1S/C16H14N4O4S2/c1-20-8-17-14-11(20)4-6-13-15(14)19-16(25-13)18-10-7-9(26(21,22)23)3-5-12(10)24-2/h3-8H,1-2H3,(H,18,19)(H,21,22,23). The van der Waals surface area contributed by atoms with E-state index < -0.39 is 10.1 Å². The number of rotatable bonds is 4. The van der Waals surface area contributed by atoms with Gasteiger partial charge in [0.25, 0.3) is 10.1 Å². The van der Waals surface area contributed by atoms with Gasteiger partial charge in [0.1, 0.15) is 16.8 Å². The maximum Gasteiger partial charge on any atom is 0.294 e. The van der Waals surface area contributed by atoms with Crippen LogP contribution in [0.15, 0.2) is 41.6 Å². The fraction of sp³-hybridized carbons (Fsp3) is 0.125. The van der Waals surface area contributed by atoms with Gasteiger partial charge in [-0.15, -0.1) is 0 Å². The lowest BCUT2D eigenvalue weighted by atomic mass is 10.3. The maximum atomic E-state index is 11.4. The molecular formula is C16H14N4O4S2. The Morgan fingerprint density at radius 2 is 2.04 bits per heavy atom. The van der Waals surface area contributed by atoms with E-state index in [1.165, 1.54) is 36.6 Å². The van der Waals surface area contributed by atoms with Crippen molar-refractivity contribution in [3.8, 4) is 5.75 Å². The first-order chi connectivity index (χ1) is 12.4. The van der Waals surface area contributed by atoms with Crippen LogP contribution in [0.1, 0.15) is 0 Å². The predicted octanol–water partition coefficient (Wildman–Crippen LogP) is 3.18. The largest absolute Gasteiger partial charge is 0.495 e. The van der Waals surface area contributed by atoms with Gasteiger partial charge in [0.2, 0.25) is 0 Å². The number of methoxy groups -OCH3 is 1. The Balaban J connectivity index is 1.81. The zero-order valence-corrected chi connectivity index (χ0v) is 15.4. The van der Waals surface area contributed by atoms with E-state index in [9.17, 15) is 13.0 Å². The molecule has 2 aromatic carbocycles. The molecule has 2 aromatic heterocycles. The zero-order valence-electron chi connectivity index (χ0n) is 13.8. The van der Waals surface area contributed by atoms with Crippen LogP contribution in [0.2, 0.25) is 0 Å². The molecule has 10 heteroatoms. The molecule has 0 aliphatic rings. The van der Waals surface area contributed by atoms with E-state index in [-0.39, 0.29) is 4.90 Å². The van der Waals surface area contributed by atoms with Gasteiger partial charge in [-0.1, -0.05) is 11.3 Å². The van der Waals surface area contributed by atoms with Crippen molar-refractivity contribution in [2.45, 2.75) is 4.90 Å². The Labute approximate surface area is 152 Å². The van der Waals surface area contributed by atoms with Crippen LogP contribution >= 0.6 is 11.3 Å². The van der Waals surface area contributed by atoms with Crippen molar-refractivity contribution in [2.75, 3.05) is 12.4 Å². The van der Waals surface area contributed by atoms with E-state index in [1.807, 2.05) is 23.7 Å². The summed E-state index contributed by atoms with van der Waals surface area (Å²) in [5.74, 6) is 0.430. The summed E-state index contributed by atoms with van der Waals surface area (Å²) >= 11 is 1.41. The van der Waals surface area contributed by atoms with Gasteiger partial charge in [0.05, 0.1) is 34.2 Å². The third kappa shape index (κ3) is 2.77. The van der Waals surface area contributed by atoms with Gasteiger partial charge < -0.3 is 14.6 Å². The summed E-state index contributed by atoms with van der Waals surface area (Å²) in [4.78, 5) is 8.74. The molecule has 0 atom stereocenters. The average Bonchev–Trinajstić information content (AvgIpc) is 3.17. The number of hydrogen-bond donors (Lipinski definition) is 2. The lowest BCUT2D eigenvalue weighted by Crippen LogP contribution is -2.01. The molecule has 0 bridgehead atoms. The Bertz CT molecular complexity index is 1240. The second kappa shape index (κ2) is 5.94. The third-order valence-electron chi connectivity index (χ3n) is 3.96. The molecule has 0 unspecified atom stereocenters. The van der Waals surface area contributed by atoms with Crippen LogP contribution in [0, 0.1) is 0 Å². The molecular weight excluding hydrogens is 376 g/mol. The number of fused-ring (bicyclic) bond motifs is 3. The van der Waals surface area contributed by atoms with Gasteiger partial charge in [0.15, 0.2) is 5.13 Å². The summed E-state index contributed by atoms with van der Waals surface area (Å²) in [5, 5.41) is 3.63. The SMILES string of the molecule is COc1ccc(S(=O)(=O)O)cc1Nc1nc2c(ccc3c2ncn3C)s1. The summed E-state index contributed by atoms with van der Waals surface area (Å²) < 4.78 is 40.2. The number of aryl methyl sites for hydroxylation is 1. The van der Waals surface area contributed by atoms with E-state index in [0.717, 1.165) is 21.3 Å². The van der Waals surface area contributed by atoms with Crippen molar-refractivity contribution in [3.05, 3.63) is 36.7 Å². The minimum atomic E-state index is -4.32. The molecule has 4 rings (SSSR count). The molecule has 2 N–H and O–H groups in total. The molecule has 0 amide bonds. The molecule has 26 heavy (non-hydrogen) atoms. The van der Waals surface area contributed by atoms with Gasteiger partial charge >= 0.3 is 0 Å². The summed E-state index contributed by atoms with van der Waals surface area (Å²) in [7, 11) is -0.928. The molecule has 8 nitrogen and oxygen atoms in total. The number of nitrogens with one attached hydrogen (secondary N) is 1. The summed E-state index contributed by atoms with van der Waals surface area (Å²) in [6.45, 7) is 0. The van der Waals surface area contributed by atoms with Gasteiger partial charge in [-0.3, -0.25) is 4.55 Å². The Morgan fingerprint density at radius 1 is 1.23 bits per heavy atom. The number of ether oxygens (including phenoxy) is 1. The summed E-state index contributed by atoms with van der Waals surface area (Å²) in [6, 6.07) is 7.99. The Kier molecular flexibility index (Phi) is 3.83. The number of anilines is 2. The molecule has 134 valence electrons. The van der Waals surface area contributed by atoms with Crippen LogP contribution in [0.4, 0.5) is 10.8 Å². The van der Waals surface area contributed by atoms with Crippen LogP contribution in [-0.4, -0.2) is 34.6 Å². The first-order valence-corrected chi connectivity index (χ1v) is 9.75. The van der Waals surface area contributed by atoms with Gasteiger partial charge in [0, 0.05) is 7.05 Å². The van der Waals surface area contributed by atoms with E-state index >= 15 is 0 Å². The number of thiazole rings is 1. The van der Waals surface area contributed by atoms with Gasteiger partial charge in [-0.25, -0.2) is 9.97 Å². The molecule has 0 aliphatic heterocycles. The quantitative estimate of drug-likeness (QED) is 0.515. The second-order valence-electron chi connectivity index (χ2n) is 5.62. The number of imidazole rings is 1. The van der Waals surface area contributed by atoms with Crippen LogP contribution in [0.25, 0.3) is 21.3 Å². The summed E-state index contributed by atoms with van der Waals surface area (Å²) in [6.07, 6.45) is 1.73. The molecule has 4 aromatic rings. The summed E-state index contributed by atoms with van der Waals surface area (Å²) in [5.41, 5.74) is 2.92. The highest BCUT2D eigenvalue weighted by Crippen LogP contribution is 2.35. The van der Waals surface area contributed by atoms with Crippen LogP contribution in [0.3, 0.4) is 0 Å². The monoisotopic (exact) mass is 390 g/mol. The van der Waals surface area contributed by atoms with Crippen LogP contribution in [0.5, 0.6) is 5.75 Å². The predicted molar refractivity (Wildman–Crippen MR) is 100.0 cm³/mol. The van der Waals surface area contributed by atoms with Crippen molar-refractivity contribution in [3.63, 3.8) is 0 Å². The van der Waals surface area contributed by atoms with Gasteiger partial charge in [-0.05, 0) is 30.3 Å². The fourth-order valence-electron chi connectivity index (χ4n) is 2.70. The third-order valence-corrected chi connectivity index (χ3v) is 5.75.